The van der Waals surface area contributed by atoms with Gasteiger partial charge in [-0.1, -0.05) is 0 Å². The van der Waals surface area contributed by atoms with Gasteiger partial charge in [-0.25, -0.2) is 9.98 Å². The Morgan fingerprint density at radius 1 is 1.35 bits per heavy atom. The number of hydrogen-bond donors (Lipinski definition) is 1. The minimum Gasteiger partial charge on any atom is -0.489 e. The molecule has 0 aliphatic carbocycles. The molecule has 0 bridgehead atoms. The first-order chi connectivity index (χ1) is 12.8. The summed E-state index contributed by atoms with van der Waals surface area (Å²) >= 11 is 0. The number of aromatic nitrogens is 3. The van der Waals surface area contributed by atoms with Crippen molar-refractivity contribution in [1.29, 1.82) is 0 Å². The van der Waals surface area contributed by atoms with Crippen LogP contribution in [0.25, 0.3) is 0 Å². The number of nitrogens with zero attached hydrogens (tertiary/aromatic N) is 6. The maximum Gasteiger partial charge on any atom is 0.204 e. The molecule has 3 heterocycles. The lowest BCUT2D eigenvalue weighted by molar-refractivity contribution is -0.102. The number of unbranched alkanes of at least 4 members (excludes halogenated alkanes) is 1. The Hall–Kier alpha value is -3.07. The molecule has 2 aliphatic heterocycles. The fourth-order valence-corrected chi connectivity index (χ4v) is 3.03. The van der Waals surface area contributed by atoms with E-state index in [9.17, 15) is 4.79 Å². The quantitative estimate of drug-likeness (QED) is 0.607. The van der Waals surface area contributed by atoms with Crippen molar-refractivity contribution >= 4 is 29.1 Å². The number of carbonyl (C=O) groups is 1. The molecular weight excluding hydrogens is 336 g/mol. The molecule has 0 saturated carbocycles. The van der Waals surface area contributed by atoms with Crippen molar-refractivity contribution in [2.24, 2.45) is 10.1 Å². The lowest BCUT2D eigenvalue weighted by Gasteiger charge is -2.31. The number of rotatable bonds is 6. The summed E-state index contributed by atoms with van der Waals surface area (Å²) in [6.07, 6.45) is 3.73. The van der Waals surface area contributed by atoms with E-state index in [1.807, 2.05) is 18.2 Å². The molecule has 2 aliphatic rings. The van der Waals surface area contributed by atoms with Crippen LogP contribution < -0.4 is 9.64 Å². The van der Waals surface area contributed by atoms with Crippen molar-refractivity contribution in [3.63, 3.8) is 0 Å². The highest BCUT2D eigenvalue weighted by Gasteiger charge is 2.25. The number of ether oxygens (including phenoxy) is 1. The van der Waals surface area contributed by atoms with E-state index in [1.54, 1.807) is 0 Å². The van der Waals surface area contributed by atoms with Gasteiger partial charge in [0.25, 0.3) is 0 Å². The molecule has 2 aromatic rings. The molecule has 0 amide bonds. The molecule has 0 saturated heterocycles. The number of fused-ring (bicyclic) bond motifs is 2. The number of benzene rings is 1. The van der Waals surface area contributed by atoms with E-state index in [-0.39, 0.29) is 12.3 Å². The second kappa shape index (κ2) is 7.04. The van der Waals surface area contributed by atoms with E-state index in [0.29, 0.717) is 30.1 Å². The summed E-state index contributed by atoms with van der Waals surface area (Å²) in [6.45, 7) is 2.49. The summed E-state index contributed by atoms with van der Waals surface area (Å²) in [5, 5.41) is 16.9. The lowest BCUT2D eigenvalue weighted by Crippen LogP contribution is -2.33. The number of hydrogen-bond acceptors (Lipinski definition) is 8. The zero-order chi connectivity index (χ0) is 17.9. The SMILES string of the molecule is O=CC1=Nn2ncnc2C1=Nc1ccc2c(c1)OCCN2CCCCO. The van der Waals surface area contributed by atoms with Crippen LogP contribution in [0.15, 0.2) is 34.6 Å². The first kappa shape index (κ1) is 16.4. The minimum atomic E-state index is 0.199. The zero-order valence-corrected chi connectivity index (χ0v) is 14.1. The van der Waals surface area contributed by atoms with Crippen LogP contribution in [0.1, 0.15) is 18.7 Å². The predicted molar refractivity (Wildman–Crippen MR) is 95.6 cm³/mol. The molecule has 0 fully saturated rings. The first-order valence-electron chi connectivity index (χ1n) is 8.46. The van der Waals surface area contributed by atoms with Crippen LogP contribution >= 0.6 is 0 Å². The zero-order valence-electron chi connectivity index (χ0n) is 14.1. The Labute approximate surface area is 149 Å². The average Bonchev–Trinajstić information content (AvgIpc) is 3.24. The van der Waals surface area contributed by atoms with E-state index >= 15 is 0 Å². The standard InChI is InChI=1S/C17H18N6O3/c24-7-2-1-5-22-6-8-26-15-9-12(3-4-14(15)22)20-16-13(10-25)21-23-17(16)18-11-19-23/h3-4,9-11,24H,1-2,5-8H2. The average molecular weight is 354 g/mol. The Bertz CT molecular complexity index is 888. The smallest absolute Gasteiger partial charge is 0.204 e. The van der Waals surface area contributed by atoms with Gasteiger partial charge in [-0.05, 0) is 25.0 Å². The van der Waals surface area contributed by atoms with E-state index in [2.05, 4.69) is 25.1 Å². The molecule has 0 spiro atoms. The molecule has 1 aromatic carbocycles. The van der Waals surface area contributed by atoms with Crippen molar-refractivity contribution in [2.45, 2.75) is 12.8 Å². The second-order valence-electron chi connectivity index (χ2n) is 5.95. The molecule has 134 valence electrons. The largest absolute Gasteiger partial charge is 0.489 e. The highest BCUT2D eigenvalue weighted by Crippen LogP contribution is 2.35. The van der Waals surface area contributed by atoms with Crippen molar-refractivity contribution < 1.29 is 14.6 Å². The molecule has 9 nitrogen and oxygen atoms in total. The predicted octanol–water partition coefficient (Wildman–Crippen LogP) is 0.787. The molecule has 4 rings (SSSR count). The summed E-state index contributed by atoms with van der Waals surface area (Å²) < 4.78 is 5.78. The Morgan fingerprint density at radius 2 is 2.27 bits per heavy atom. The number of aliphatic imine (C=N–C) groups is 1. The van der Waals surface area contributed by atoms with Crippen molar-refractivity contribution in [2.75, 3.05) is 31.2 Å². The molecule has 1 N–H and O–H groups in total. The Morgan fingerprint density at radius 3 is 3.12 bits per heavy atom. The Kier molecular flexibility index (Phi) is 4.44. The van der Waals surface area contributed by atoms with Gasteiger partial charge in [0.15, 0.2) is 12.0 Å². The van der Waals surface area contributed by atoms with Gasteiger partial charge in [-0.2, -0.15) is 0 Å². The van der Waals surface area contributed by atoms with Crippen molar-refractivity contribution in [1.82, 2.24) is 14.9 Å². The molecule has 1 aromatic heterocycles. The van der Waals surface area contributed by atoms with Crippen LogP contribution in [-0.2, 0) is 4.79 Å². The third kappa shape index (κ3) is 2.97. The summed E-state index contributed by atoms with van der Waals surface area (Å²) in [4.78, 5) is 23.4. The van der Waals surface area contributed by atoms with Crippen LogP contribution in [-0.4, -0.2) is 64.0 Å². The van der Waals surface area contributed by atoms with E-state index in [1.165, 1.54) is 11.1 Å². The van der Waals surface area contributed by atoms with Gasteiger partial charge in [0.2, 0.25) is 5.82 Å². The molecular formula is C17H18N6O3. The summed E-state index contributed by atoms with van der Waals surface area (Å²) in [7, 11) is 0. The van der Waals surface area contributed by atoms with Gasteiger partial charge in [0.05, 0.1) is 17.9 Å². The van der Waals surface area contributed by atoms with Gasteiger partial charge in [0.1, 0.15) is 24.4 Å². The molecule has 0 atom stereocenters. The monoisotopic (exact) mass is 354 g/mol. The second-order valence-corrected chi connectivity index (χ2v) is 5.95. The lowest BCUT2D eigenvalue weighted by atomic mass is 10.2. The fraction of sp³-hybridized carbons (Fsp3) is 0.353. The number of aliphatic hydroxyl groups is 1. The maximum atomic E-state index is 11.2. The number of aldehydes is 1. The number of anilines is 1. The molecule has 9 heteroatoms. The highest BCUT2D eigenvalue weighted by molar-refractivity contribution is 6.66. The molecule has 0 radical (unpaired) electrons. The van der Waals surface area contributed by atoms with Gasteiger partial charge >= 0.3 is 0 Å². The first-order valence-corrected chi connectivity index (χ1v) is 8.46. The van der Waals surface area contributed by atoms with E-state index in [4.69, 9.17) is 9.84 Å². The van der Waals surface area contributed by atoms with Crippen molar-refractivity contribution in [3.8, 4) is 5.75 Å². The molecule has 0 unspecified atom stereocenters. The number of carbonyl (C=O) groups excluding carboxylic acids is 1. The maximum absolute atomic E-state index is 11.2. The van der Waals surface area contributed by atoms with Gasteiger partial charge in [-0.3, -0.25) is 4.79 Å². The van der Waals surface area contributed by atoms with Gasteiger partial charge < -0.3 is 14.7 Å². The number of aliphatic hydroxyl groups excluding tert-OH is 1. The normalized spacial score (nSPS) is 16.9. The molecule has 26 heavy (non-hydrogen) atoms. The highest BCUT2D eigenvalue weighted by atomic mass is 16.5. The Balaban J connectivity index is 1.62. The third-order valence-electron chi connectivity index (χ3n) is 4.28. The summed E-state index contributed by atoms with van der Waals surface area (Å²) in [6, 6.07) is 5.69. The summed E-state index contributed by atoms with van der Waals surface area (Å²) in [5.41, 5.74) is 2.26. The van der Waals surface area contributed by atoms with Crippen LogP contribution in [0.2, 0.25) is 0 Å². The van der Waals surface area contributed by atoms with Crippen LogP contribution in [0.3, 0.4) is 0 Å². The van der Waals surface area contributed by atoms with Crippen LogP contribution in [0.4, 0.5) is 11.4 Å². The van der Waals surface area contributed by atoms with Crippen LogP contribution in [0, 0.1) is 0 Å². The van der Waals surface area contributed by atoms with E-state index < -0.39 is 0 Å². The summed E-state index contributed by atoms with van der Waals surface area (Å²) in [5.74, 6) is 1.20. The van der Waals surface area contributed by atoms with Gasteiger partial charge in [0, 0.05) is 19.2 Å². The van der Waals surface area contributed by atoms with Gasteiger partial charge in [-0.15, -0.1) is 15.0 Å². The topological polar surface area (TPSA) is 105 Å². The minimum absolute atomic E-state index is 0.199. The third-order valence-corrected chi connectivity index (χ3v) is 4.28. The van der Waals surface area contributed by atoms with E-state index in [0.717, 1.165) is 37.4 Å². The van der Waals surface area contributed by atoms with Crippen molar-refractivity contribution in [3.05, 3.63) is 30.4 Å². The fourth-order valence-electron chi connectivity index (χ4n) is 3.03. The van der Waals surface area contributed by atoms with Crippen LogP contribution in [0.5, 0.6) is 5.75 Å².